The number of amides is 1. The zero-order chi connectivity index (χ0) is 23.4. The van der Waals surface area contributed by atoms with E-state index in [9.17, 15) is 4.79 Å². The Hall–Kier alpha value is -4.20. The van der Waals surface area contributed by atoms with Gasteiger partial charge in [-0.25, -0.2) is 4.68 Å². The third-order valence-corrected chi connectivity index (χ3v) is 5.20. The molecule has 0 aliphatic heterocycles. The van der Waals surface area contributed by atoms with Crippen molar-refractivity contribution in [3.05, 3.63) is 77.7 Å². The van der Waals surface area contributed by atoms with E-state index in [-0.39, 0.29) is 12.5 Å². The summed E-state index contributed by atoms with van der Waals surface area (Å²) in [6.45, 7) is 2.03. The summed E-state index contributed by atoms with van der Waals surface area (Å²) in [6.07, 6.45) is 1.69. The number of hydrogen-bond donors (Lipinski definition) is 1. The van der Waals surface area contributed by atoms with Gasteiger partial charge in [-0.2, -0.15) is 5.10 Å². The number of benzene rings is 2. The van der Waals surface area contributed by atoms with Crippen LogP contribution in [0, 0.1) is 6.92 Å². The molecule has 0 unspecified atom stereocenters. The monoisotopic (exact) mass is 447 g/mol. The molecule has 2 aromatic heterocycles. The molecular weight excluding hydrogens is 422 g/mol. The van der Waals surface area contributed by atoms with Crippen LogP contribution in [0.4, 0.5) is 0 Å². The summed E-state index contributed by atoms with van der Waals surface area (Å²) in [4.78, 5) is 13.3. The Bertz CT molecular complexity index is 1240. The van der Waals surface area contributed by atoms with E-state index in [0.29, 0.717) is 39.8 Å². The van der Waals surface area contributed by atoms with E-state index < -0.39 is 0 Å². The molecule has 0 radical (unpaired) electrons. The molecule has 0 atom stereocenters. The van der Waals surface area contributed by atoms with Crippen LogP contribution in [0.5, 0.6) is 17.2 Å². The zero-order valence-electron chi connectivity index (χ0n) is 18.9. The van der Waals surface area contributed by atoms with Crippen molar-refractivity contribution in [2.75, 3.05) is 21.3 Å². The van der Waals surface area contributed by atoms with E-state index in [1.807, 2.05) is 43.3 Å². The van der Waals surface area contributed by atoms with Crippen LogP contribution in [0.15, 0.2) is 65.2 Å². The first-order valence-electron chi connectivity index (χ1n) is 10.3. The molecule has 2 aromatic carbocycles. The molecule has 0 saturated heterocycles. The van der Waals surface area contributed by atoms with Crippen molar-refractivity contribution in [3.63, 3.8) is 0 Å². The number of aryl methyl sites for hydroxylation is 1. The maximum atomic E-state index is 13.3. The van der Waals surface area contributed by atoms with E-state index >= 15 is 0 Å². The van der Waals surface area contributed by atoms with Crippen molar-refractivity contribution in [2.24, 2.45) is 0 Å². The minimum atomic E-state index is -0.304. The van der Waals surface area contributed by atoms with Crippen molar-refractivity contribution >= 4 is 5.91 Å². The number of hydrogen-bond acceptors (Lipinski definition) is 6. The molecule has 8 nitrogen and oxygen atoms in total. The van der Waals surface area contributed by atoms with Crippen molar-refractivity contribution in [1.82, 2.24) is 15.1 Å². The lowest BCUT2D eigenvalue weighted by Gasteiger charge is -2.15. The fourth-order valence-electron chi connectivity index (χ4n) is 3.51. The van der Waals surface area contributed by atoms with Crippen LogP contribution in [-0.4, -0.2) is 37.0 Å². The molecule has 0 spiro atoms. The number of carbonyl (C=O) groups is 1. The molecule has 2 heterocycles. The van der Waals surface area contributed by atoms with Gasteiger partial charge in [0.05, 0.1) is 44.7 Å². The normalized spacial score (nSPS) is 10.7. The molecule has 170 valence electrons. The minimum absolute atomic E-state index is 0.183. The maximum Gasteiger partial charge on any atom is 0.255 e. The summed E-state index contributed by atoms with van der Waals surface area (Å²) in [5.41, 5.74) is 2.37. The lowest BCUT2D eigenvalue weighted by atomic mass is 10.1. The number of ether oxygens (including phenoxy) is 3. The highest BCUT2D eigenvalue weighted by atomic mass is 16.5. The number of rotatable bonds is 8. The molecule has 0 bridgehead atoms. The second-order valence-corrected chi connectivity index (χ2v) is 7.27. The van der Waals surface area contributed by atoms with Crippen LogP contribution >= 0.6 is 0 Å². The maximum absolute atomic E-state index is 13.3. The van der Waals surface area contributed by atoms with Crippen LogP contribution < -0.4 is 19.5 Å². The van der Waals surface area contributed by atoms with Crippen LogP contribution in [0.25, 0.3) is 17.1 Å². The van der Waals surface area contributed by atoms with E-state index in [1.54, 1.807) is 50.4 Å². The molecule has 0 fully saturated rings. The summed E-state index contributed by atoms with van der Waals surface area (Å²) in [5, 5.41) is 7.58. The molecule has 4 aromatic rings. The van der Waals surface area contributed by atoms with Gasteiger partial charge in [0.2, 0.25) is 0 Å². The number of carbonyl (C=O) groups excluding carboxylic acids is 1. The van der Waals surface area contributed by atoms with Gasteiger partial charge < -0.3 is 23.9 Å². The Morgan fingerprint density at radius 3 is 2.27 bits per heavy atom. The third kappa shape index (κ3) is 4.55. The van der Waals surface area contributed by atoms with Gasteiger partial charge in [-0.15, -0.1) is 0 Å². The predicted molar refractivity (Wildman–Crippen MR) is 123 cm³/mol. The average molecular weight is 447 g/mol. The number of furan rings is 1. The Balaban J connectivity index is 1.67. The number of aromatic nitrogens is 2. The van der Waals surface area contributed by atoms with Gasteiger partial charge in [-0.3, -0.25) is 4.79 Å². The standard InChI is InChI=1S/C25H25N3O5/c1-16-10-11-21(33-16)24-20(15-28(27-24)17-8-6-5-7-9-17)25(29)26-14-19-22(31-3)12-18(30-2)13-23(19)32-4/h5-13,15H,14H2,1-4H3,(H,26,29). The van der Waals surface area contributed by atoms with E-state index in [1.165, 1.54) is 0 Å². The summed E-state index contributed by atoms with van der Waals surface area (Å²) in [6, 6.07) is 16.7. The summed E-state index contributed by atoms with van der Waals surface area (Å²) < 4.78 is 23.7. The Kier molecular flexibility index (Phi) is 6.35. The first-order chi connectivity index (χ1) is 16.0. The van der Waals surface area contributed by atoms with Crippen molar-refractivity contribution in [2.45, 2.75) is 13.5 Å². The van der Waals surface area contributed by atoms with Crippen LogP contribution in [0.2, 0.25) is 0 Å². The molecule has 8 heteroatoms. The van der Waals surface area contributed by atoms with Gasteiger partial charge in [-0.1, -0.05) is 18.2 Å². The highest BCUT2D eigenvalue weighted by Gasteiger charge is 2.22. The highest BCUT2D eigenvalue weighted by molar-refractivity contribution is 5.99. The summed E-state index contributed by atoms with van der Waals surface area (Å²) >= 11 is 0. The number of nitrogens with zero attached hydrogens (tertiary/aromatic N) is 2. The predicted octanol–water partition coefficient (Wildman–Crippen LogP) is 4.40. The summed E-state index contributed by atoms with van der Waals surface area (Å²) in [7, 11) is 4.68. The van der Waals surface area contributed by atoms with Crippen molar-refractivity contribution < 1.29 is 23.4 Å². The first-order valence-corrected chi connectivity index (χ1v) is 10.3. The van der Waals surface area contributed by atoms with Crippen LogP contribution in [0.1, 0.15) is 21.7 Å². The molecule has 33 heavy (non-hydrogen) atoms. The van der Waals surface area contributed by atoms with E-state index in [2.05, 4.69) is 10.4 Å². The third-order valence-electron chi connectivity index (χ3n) is 5.20. The smallest absolute Gasteiger partial charge is 0.255 e. The zero-order valence-corrected chi connectivity index (χ0v) is 18.9. The number of para-hydroxylation sites is 1. The Labute approximate surface area is 191 Å². The van der Waals surface area contributed by atoms with Crippen LogP contribution in [-0.2, 0) is 6.54 Å². The molecule has 0 aliphatic rings. The lowest BCUT2D eigenvalue weighted by molar-refractivity contribution is 0.0951. The largest absolute Gasteiger partial charge is 0.496 e. The van der Waals surface area contributed by atoms with Gasteiger partial charge in [0.25, 0.3) is 5.91 Å². The molecule has 1 N–H and O–H groups in total. The molecule has 1 amide bonds. The van der Waals surface area contributed by atoms with Gasteiger partial charge >= 0.3 is 0 Å². The number of nitrogens with one attached hydrogen (secondary N) is 1. The highest BCUT2D eigenvalue weighted by Crippen LogP contribution is 2.34. The quantitative estimate of drug-likeness (QED) is 0.431. The SMILES string of the molecule is COc1cc(OC)c(CNC(=O)c2cn(-c3ccccc3)nc2-c2ccc(C)o2)c(OC)c1. The van der Waals surface area contributed by atoms with Gasteiger partial charge in [0, 0.05) is 18.3 Å². The van der Waals surface area contributed by atoms with Crippen LogP contribution in [0.3, 0.4) is 0 Å². The molecule has 0 saturated carbocycles. The van der Waals surface area contributed by atoms with Gasteiger partial charge in [0.15, 0.2) is 5.76 Å². The summed E-state index contributed by atoms with van der Waals surface area (Å²) in [5.74, 6) is 2.64. The minimum Gasteiger partial charge on any atom is -0.496 e. The Morgan fingerprint density at radius 1 is 1.00 bits per heavy atom. The first kappa shape index (κ1) is 22.0. The second kappa shape index (κ2) is 9.52. The second-order valence-electron chi connectivity index (χ2n) is 7.27. The van der Waals surface area contributed by atoms with Gasteiger partial charge in [0.1, 0.15) is 28.7 Å². The fraction of sp³-hybridized carbons (Fsp3) is 0.200. The number of methoxy groups -OCH3 is 3. The lowest BCUT2D eigenvalue weighted by Crippen LogP contribution is -2.23. The fourth-order valence-corrected chi connectivity index (χ4v) is 3.51. The average Bonchev–Trinajstić information content (AvgIpc) is 3.49. The molecule has 0 aliphatic carbocycles. The Morgan fingerprint density at radius 2 is 1.70 bits per heavy atom. The van der Waals surface area contributed by atoms with Gasteiger partial charge in [-0.05, 0) is 31.2 Å². The van der Waals surface area contributed by atoms with Crippen molar-refractivity contribution in [3.8, 4) is 34.4 Å². The van der Waals surface area contributed by atoms with Crippen molar-refractivity contribution in [1.29, 1.82) is 0 Å². The topological polar surface area (TPSA) is 87.8 Å². The van der Waals surface area contributed by atoms with E-state index in [0.717, 1.165) is 11.4 Å². The van der Waals surface area contributed by atoms with E-state index in [4.69, 9.17) is 18.6 Å². The molecule has 4 rings (SSSR count). The molecular formula is C25H25N3O5.